The molecule has 1 amide bonds. The molecule has 0 radical (unpaired) electrons. The Morgan fingerprint density at radius 3 is 2.48 bits per heavy atom. The fraction of sp³-hybridized carbons (Fsp3) is 0.391. The summed E-state index contributed by atoms with van der Waals surface area (Å²) in [7, 11) is 0. The quantitative estimate of drug-likeness (QED) is 0.623. The Kier molecular flexibility index (Phi) is 7.22. The Morgan fingerprint density at radius 1 is 1.16 bits per heavy atom. The van der Waals surface area contributed by atoms with Crippen LogP contribution in [-0.4, -0.2) is 52.5 Å². The Hall–Kier alpha value is -3.00. The number of halogens is 2. The van der Waals surface area contributed by atoms with Gasteiger partial charge in [-0.2, -0.15) is 8.78 Å². The average molecular weight is 433 g/mol. The molecule has 2 aromatic rings. The molecule has 8 heteroatoms. The number of cyclic esters (lactones) is 1. The molecular weight excluding hydrogens is 408 g/mol. The summed E-state index contributed by atoms with van der Waals surface area (Å²) >= 11 is 0. The summed E-state index contributed by atoms with van der Waals surface area (Å²) in [6.07, 6.45) is -1.36. The molecule has 31 heavy (non-hydrogen) atoms. The Balaban J connectivity index is 1.60. The number of carboxylic acid groups (broad SMARTS) is 1. The molecule has 1 saturated heterocycles. The van der Waals surface area contributed by atoms with Gasteiger partial charge < -0.3 is 19.8 Å². The molecule has 1 aliphatic heterocycles. The molecule has 1 fully saturated rings. The number of hydrogen-bond donors (Lipinski definition) is 2. The number of aliphatic hydroxyl groups is 1. The van der Waals surface area contributed by atoms with E-state index in [9.17, 15) is 23.5 Å². The standard InChI is InChI=1S/C23H25F2NO5/c24-23(25,18-4-2-1-3-5-18)20(27)11-10-19-13-15-31-22(30)26(19)14-12-16-6-8-17(9-7-16)21(28)29/h1-9,19-20,27H,10-15H2,(H,28,29)/t19-,20+/m0/s1. The highest BCUT2D eigenvalue weighted by Crippen LogP contribution is 2.34. The lowest BCUT2D eigenvalue weighted by atomic mass is 9.96. The molecule has 0 bridgehead atoms. The highest BCUT2D eigenvalue weighted by Gasteiger charge is 2.41. The molecule has 2 aromatic carbocycles. The maximum absolute atomic E-state index is 14.5. The maximum atomic E-state index is 14.5. The van der Waals surface area contributed by atoms with Gasteiger partial charge in [0.15, 0.2) is 0 Å². The maximum Gasteiger partial charge on any atom is 0.410 e. The number of amides is 1. The van der Waals surface area contributed by atoms with Crippen molar-refractivity contribution in [3.05, 3.63) is 71.3 Å². The minimum Gasteiger partial charge on any atom is -0.478 e. The van der Waals surface area contributed by atoms with Gasteiger partial charge in [0.05, 0.1) is 12.2 Å². The fourth-order valence-corrected chi connectivity index (χ4v) is 3.69. The molecule has 166 valence electrons. The van der Waals surface area contributed by atoms with Gasteiger partial charge >= 0.3 is 12.1 Å². The van der Waals surface area contributed by atoms with E-state index in [1.165, 1.54) is 41.3 Å². The number of alkyl halides is 2. The predicted molar refractivity (Wildman–Crippen MR) is 109 cm³/mol. The van der Waals surface area contributed by atoms with Crippen molar-refractivity contribution in [1.82, 2.24) is 4.90 Å². The minimum absolute atomic E-state index is 0.163. The highest BCUT2D eigenvalue weighted by atomic mass is 19.3. The number of carboxylic acids is 1. The fourth-order valence-electron chi connectivity index (χ4n) is 3.69. The number of hydrogen-bond acceptors (Lipinski definition) is 4. The molecule has 6 nitrogen and oxygen atoms in total. The zero-order valence-electron chi connectivity index (χ0n) is 16.9. The lowest BCUT2D eigenvalue weighted by Crippen LogP contribution is -2.47. The van der Waals surface area contributed by atoms with Gasteiger partial charge in [0.2, 0.25) is 0 Å². The van der Waals surface area contributed by atoms with Crippen LogP contribution in [0, 0.1) is 0 Å². The molecule has 1 aliphatic rings. The third-order valence-corrected chi connectivity index (χ3v) is 5.54. The largest absolute Gasteiger partial charge is 0.478 e. The number of rotatable bonds is 9. The van der Waals surface area contributed by atoms with Crippen LogP contribution in [0.4, 0.5) is 13.6 Å². The molecule has 3 rings (SSSR count). The number of carbonyl (C=O) groups is 2. The van der Waals surface area contributed by atoms with Crippen molar-refractivity contribution in [2.75, 3.05) is 13.2 Å². The second kappa shape index (κ2) is 9.87. The Bertz CT molecular complexity index is 889. The van der Waals surface area contributed by atoms with E-state index in [0.717, 1.165) is 5.56 Å². The van der Waals surface area contributed by atoms with Crippen molar-refractivity contribution < 1.29 is 33.3 Å². The Labute approximate surface area is 179 Å². The minimum atomic E-state index is -3.38. The molecule has 2 N–H and O–H groups in total. The van der Waals surface area contributed by atoms with E-state index in [1.54, 1.807) is 18.2 Å². The summed E-state index contributed by atoms with van der Waals surface area (Å²) in [5.41, 5.74) is 0.775. The van der Waals surface area contributed by atoms with E-state index in [0.29, 0.717) is 19.4 Å². The predicted octanol–water partition coefficient (Wildman–Crippen LogP) is 4.07. The van der Waals surface area contributed by atoms with Crippen LogP contribution in [0.3, 0.4) is 0 Å². The second-order valence-corrected chi connectivity index (χ2v) is 7.58. The summed E-state index contributed by atoms with van der Waals surface area (Å²) in [4.78, 5) is 24.7. The summed E-state index contributed by atoms with van der Waals surface area (Å²) in [5, 5.41) is 19.1. The third kappa shape index (κ3) is 5.58. The van der Waals surface area contributed by atoms with Crippen molar-refractivity contribution in [2.24, 2.45) is 0 Å². The highest BCUT2D eigenvalue weighted by molar-refractivity contribution is 5.87. The lowest BCUT2D eigenvalue weighted by molar-refractivity contribution is -0.120. The van der Waals surface area contributed by atoms with Crippen LogP contribution in [0.25, 0.3) is 0 Å². The zero-order valence-corrected chi connectivity index (χ0v) is 16.9. The van der Waals surface area contributed by atoms with Crippen LogP contribution in [0.15, 0.2) is 54.6 Å². The van der Waals surface area contributed by atoms with E-state index in [4.69, 9.17) is 9.84 Å². The first-order chi connectivity index (χ1) is 14.8. The third-order valence-electron chi connectivity index (χ3n) is 5.54. The average Bonchev–Trinajstić information content (AvgIpc) is 2.77. The normalized spacial score (nSPS) is 17.8. The molecular formula is C23H25F2NO5. The van der Waals surface area contributed by atoms with Crippen molar-refractivity contribution in [3.63, 3.8) is 0 Å². The van der Waals surface area contributed by atoms with Gasteiger partial charge in [-0.3, -0.25) is 0 Å². The smallest absolute Gasteiger partial charge is 0.410 e. The van der Waals surface area contributed by atoms with Crippen LogP contribution in [0.5, 0.6) is 0 Å². The first-order valence-electron chi connectivity index (χ1n) is 10.2. The number of nitrogens with zero attached hydrogens (tertiary/aromatic N) is 1. The van der Waals surface area contributed by atoms with Crippen LogP contribution >= 0.6 is 0 Å². The van der Waals surface area contributed by atoms with Gasteiger partial charge in [0, 0.05) is 24.6 Å². The van der Waals surface area contributed by atoms with E-state index in [2.05, 4.69) is 0 Å². The zero-order chi connectivity index (χ0) is 22.4. The number of benzene rings is 2. The van der Waals surface area contributed by atoms with Gasteiger partial charge in [-0.25, -0.2) is 9.59 Å². The number of ether oxygens (including phenoxy) is 1. The van der Waals surface area contributed by atoms with Gasteiger partial charge in [0.25, 0.3) is 5.92 Å². The molecule has 0 unspecified atom stereocenters. The van der Waals surface area contributed by atoms with E-state index >= 15 is 0 Å². The summed E-state index contributed by atoms with van der Waals surface area (Å²) in [6, 6.07) is 13.2. The van der Waals surface area contributed by atoms with Gasteiger partial charge in [0.1, 0.15) is 6.10 Å². The van der Waals surface area contributed by atoms with E-state index in [1.807, 2.05) is 0 Å². The first kappa shape index (κ1) is 22.7. The van der Waals surface area contributed by atoms with Crippen LogP contribution in [0.1, 0.15) is 40.7 Å². The summed E-state index contributed by atoms with van der Waals surface area (Å²) < 4.78 is 34.2. The number of aromatic carboxylic acids is 1. The number of carbonyl (C=O) groups excluding carboxylic acids is 1. The van der Waals surface area contributed by atoms with Crippen LogP contribution < -0.4 is 0 Å². The molecule has 0 aliphatic carbocycles. The summed E-state index contributed by atoms with van der Waals surface area (Å²) in [5.74, 6) is -4.40. The molecule has 1 heterocycles. The lowest BCUT2D eigenvalue weighted by Gasteiger charge is -2.36. The van der Waals surface area contributed by atoms with Crippen molar-refractivity contribution >= 4 is 12.1 Å². The van der Waals surface area contributed by atoms with Crippen molar-refractivity contribution in [1.29, 1.82) is 0 Å². The summed E-state index contributed by atoms with van der Waals surface area (Å²) in [6.45, 7) is 0.513. The topological polar surface area (TPSA) is 87.1 Å². The van der Waals surface area contributed by atoms with Gasteiger partial charge in [-0.1, -0.05) is 42.5 Å². The van der Waals surface area contributed by atoms with Crippen molar-refractivity contribution in [3.8, 4) is 0 Å². The van der Waals surface area contributed by atoms with E-state index < -0.39 is 24.1 Å². The van der Waals surface area contributed by atoms with E-state index in [-0.39, 0.29) is 36.6 Å². The Morgan fingerprint density at radius 2 is 1.84 bits per heavy atom. The SMILES string of the molecule is O=C(O)c1ccc(CCN2C(=O)OCC[C@@H]2CC[C@@H](O)C(F)(F)c2ccccc2)cc1. The molecule has 2 atom stereocenters. The van der Waals surface area contributed by atoms with Gasteiger partial charge in [-0.05, 0) is 37.0 Å². The number of aliphatic hydroxyl groups excluding tert-OH is 1. The monoisotopic (exact) mass is 433 g/mol. The van der Waals surface area contributed by atoms with Gasteiger partial charge in [-0.15, -0.1) is 0 Å². The van der Waals surface area contributed by atoms with Crippen molar-refractivity contribution in [2.45, 2.75) is 43.8 Å². The first-order valence-corrected chi connectivity index (χ1v) is 10.2. The molecule has 0 spiro atoms. The van der Waals surface area contributed by atoms with Crippen LogP contribution in [-0.2, 0) is 17.1 Å². The molecule has 0 aromatic heterocycles. The molecule has 0 saturated carbocycles. The second-order valence-electron chi connectivity index (χ2n) is 7.58. The van der Waals surface area contributed by atoms with Crippen LogP contribution in [0.2, 0.25) is 0 Å².